The lowest BCUT2D eigenvalue weighted by Gasteiger charge is -2.36. The first-order valence-corrected chi connectivity index (χ1v) is 8.97. The first-order valence-electron chi connectivity index (χ1n) is 8.21. The van der Waals surface area contributed by atoms with Crippen molar-refractivity contribution in [1.82, 2.24) is 10.2 Å². The van der Waals surface area contributed by atoms with Gasteiger partial charge in [0.25, 0.3) is 0 Å². The largest absolute Gasteiger partial charge is 0.354 e. The number of carbonyl (C=O) groups is 2. The van der Waals surface area contributed by atoms with E-state index in [9.17, 15) is 9.59 Å². The molecule has 24 heavy (non-hydrogen) atoms. The monoisotopic (exact) mass is 371 g/mol. The predicted molar refractivity (Wildman–Crippen MR) is 96.2 cm³/mol. The summed E-state index contributed by atoms with van der Waals surface area (Å²) in [6.45, 7) is 1.53. The molecule has 0 aliphatic carbocycles. The number of piperidine rings is 1. The number of benzene rings is 1. The molecule has 0 bridgehead atoms. The lowest BCUT2D eigenvalue weighted by atomic mass is 10.0. The van der Waals surface area contributed by atoms with Crippen molar-refractivity contribution in [3.63, 3.8) is 0 Å². The average molecular weight is 372 g/mol. The Kier molecular flexibility index (Phi) is 7.34. The average Bonchev–Trinajstić information content (AvgIpc) is 2.57. The number of hydrogen-bond acceptors (Lipinski definition) is 3. The van der Waals surface area contributed by atoms with Gasteiger partial charge in [-0.1, -0.05) is 29.3 Å². The Bertz CT molecular complexity index is 595. The summed E-state index contributed by atoms with van der Waals surface area (Å²) in [5.74, 6) is -0.0221. The van der Waals surface area contributed by atoms with Gasteiger partial charge in [0.05, 0.1) is 16.5 Å². The highest BCUT2D eigenvalue weighted by atomic mass is 35.5. The molecule has 7 heteroatoms. The van der Waals surface area contributed by atoms with Crippen molar-refractivity contribution in [1.29, 1.82) is 0 Å². The minimum absolute atomic E-state index is 0.0377. The Morgan fingerprint density at radius 3 is 2.75 bits per heavy atom. The standard InChI is InChI=1S/C17H23Cl2N3O2/c18-14-5-4-12(9-15(14)19)10-17(24)22-8-2-1-3-13(22)11-21-16(23)6-7-20/h4-5,9,13H,1-3,6-8,10-11,20H2,(H,21,23). The molecule has 0 spiro atoms. The molecule has 1 fully saturated rings. The summed E-state index contributed by atoms with van der Waals surface area (Å²) < 4.78 is 0. The van der Waals surface area contributed by atoms with Crippen molar-refractivity contribution in [2.75, 3.05) is 19.6 Å². The Hall–Kier alpha value is -1.30. The van der Waals surface area contributed by atoms with Gasteiger partial charge in [-0.15, -0.1) is 0 Å². The molecule has 1 atom stereocenters. The molecule has 1 unspecified atom stereocenters. The van der Waals surface area contributed by atoms with Crippen molar-refractivity contribution in [3.8, 4) is 0 Å². The minimum Gasteiger partial charge on any atom is -0.354 e. The second kappa shape index (κ2) is 9.25. The van der Waals surface area contributed by atoms with E-state index in [1.165, 1.54) is 0 Å². The van der Waals surface area contributed by atoms with Crippen LogP contribution < -0.4 is 11.1 Å². The van der Waals surface area contributed by atoms with Crippen LogP contribution in [-0.2, 0) is 16.0 Å². The summed E-state index contributed by atoms with van der Waals surface area (Å²) in [5, 5.41) is 3.80. The van der Waals surface area contributed by atoms with Crippen molar-refractivity contribution >= 4 is 35.0 Å². The molecule has 0 radical (unpaired) electrons. The smallest absolute Gasteiger partial charge is 0.227 e. The van der Waals surface area contributed by atoms with Crippen molar-refractivity contribution in [2.45, 2.75) is 38.1 Å². The van der Waals surface area contributed by atoms with E-state index in [0.717, 1.165) is 31.4 Å². The van der Waals surface area contributed by atoms with E-state index in [1.54, 1.807) is 12.1 Å². The van der Waals surface area contributed by atoms with Crippen LogP contribution in [0.3, 0.4) is 0 Å². The van der Waals surface area contributed by atoms with Gasteiger partial charge in [0.2, 0.25) is 11.8 Å². The van der Waals surface area contributed by atoms with Gasteiger partial charge in [0, 0.05) is 32.1 Å². The van der Waals surface area contributed by atoms with Gasteiger partial charge < -0.3 is 16.0 Å². The van der Waals surface area contributed by atoms with E-state index in [2.05, 4.69) is 5.32 Å². The fourth-order valence-electron chi connectivity index (χ4n) is 2.92. The molecular weight excluding hydrogens is 349 g/mol. The van der Waals surface area contributed by atoms with E-state index >= 15 is 0 Å². The predicted octanol–water partition coefficient (Wildman–Crippen LogP) is 2.38. The van der Waals surface area contributed by atoms with Crippen LogP contribution in [0, 0.1) is 0 Å². The van der Waals surface area contributed by atoms with Crippen molar-refractivity contribution in [3.05, 3.63) is 33.8 Å². The number of nitrogens with one attached hydrogen (secondary N) is 1. The molecule has 1 aliphatic heterocycles. The van der Waals surface area contributed by atoms with Crippen LogP contribution in [0.25, 0.3) is 0 Å². The number of halogens is 2. The quantitative estimate of drug-likeness (QED) is 0.805. The van der Waals surface area contributed by atoms with Gasteiger partial charge >= 0.3 is 0 Å². The van der Waals surface area contributed by atoms with Gasteiger partial charge in [-0.05, 0) is 37.0 Å². The van der Waals surface area contributed by atoms with Crippen LogP contribution in [0.1, 0.15) is 31.2 Å². The Morgan fingerprint density at radius 2 is 2.04 bits per heavy atom. The van der Waals surface area contributed by atoms with Crippen molar-refractivity contribution < 1.29 is 9.59 Å². The van der Waals surface area contributed by atoms with Crippen LogP contribution in [-0.4, -0.2) is 42.4 Å². The van der Waals surface area contributed by atoms with Crippen LogP contribution >= 0.6 is 23.2 Å². The SMILES string of the molecule is NCCC(=O)NCC1CCCCN1C(=O)Cc1ccc(Cl)c(Cl)c1. The van der Waals surface area contributed by atoms with Gasteiger partial charge in [-0.25, -0.2) is 0 Å². The molecule has 0 saturated carbocycles. The highest BCUT2D eigenvalue weighted by molar-refractivity contribution is 6.42. The summed E-state index contributed by atoms with van der Waals surface area (Å²) in [4.78, 5) is 26.1. The lowest BCUT2D eigenvalue weighted by Crippen LogP contribution is -2.50. The Labute approximate surface area is 152 Å². The number of nitrogens with zero attached hydrogens (tertiary/aromatic N) is 1. The summed E-state index contributed by atoms with van der Waals surface area (Å²) in [6, 6.07) is 5.28. The van der Waals surface area contributed by atoms with E-state index in [-0.39, 0.29) is 24.3 Å². The summed E-state index contributed by atoms with van der Waals surface area (Å²) >= 11 is 11.9. The van der Waals surface area contributed by atoms with E-state index in [1.807, 2.05) is 11.0 Å². The van der Waals surface area contributed by atoms with E-state index < -0.39 is 0 Å². The minimum atomic E-state index is -0.0695. The van der Waals surface area contributed by atoms with Crippen LogP contribution in [0.5, 0.6) is 0 Å². The van der Waals surface area contributed by atoms with Crippen LogP contribution in [0.15, 0.2) is 18.2 Å². The molecule has 2 amide bonds. The van der Waals surface area contributed by atoms with Crippen LogP contribution in [0.2, 0.25) is 10.0 Å². The van der Waals surface area contributed by atoms with Gasteiger partial charge in [-0.3, -0.25) is 9.59 Å². The Balaban J connectivity index is 1.96. The fourth-order valence-corrected chi connectivity index (χ4v) is 3.24. The zero-order valence-electron chi connectivity index (χ0n) is 13.6. The van der Waals surface area contributed by atoms with Crippen LogP contribution in [0.4, 0.5) is 0 Å². The molecular formula is C17H23Cl2N3O2. The molecule has 132 valence electrons. The number of hydrogen-bond donors (Lipinski definition) is 2. The molecule has 1 saturated heterocycles. The molecule has 2 rings (SSSR count). The number of carbonyl (C=O) groups excluding carboxylic acids is 2. The zero-order chi connectivity index (χ0) is 17.5. The summed E-state index contributed by atoms with van der Waals surface area (Å²) in [6.07, 6.45) is 3.54. The Morgan fingerprint density at radius 1 is 1.25 bits per heavy atom. The van der Waals surface area contributed by atoms with Gasteiger partial charge in [0.15, 0.2) is 0 Å². The maximum absolute atomic E-state index is 12.7. The number of amides is 2. The summed E-state index contributed by atoms with van der Waals surface area (Å²) in [5.41, 5.74) is 6.22. The van der Waals surface area contributed by atoms with E-state index in [4.69, 9.17) is 28.9 Å². The molecule has 1 aromatic carbocycles. The molecule has 0 aromatic heterocycles. The lowest BCUT2D eigenvalue weighted by molar-refractivity contribution is -0.134. The molecule has 1 aromatic rings. The molecule has 3 N–H and O–H groups in total. The number of rotatable bonds is 6. The van der Waals surface area contributed by atoms with Gasteiger partial charge in [0.1, 0.15) is 0 Å². The van der Waals surface area contributed by atoms with Gasteiger partial charge in [-0.2, -0.15) is 0 Å². The number of likely N-dealkylation sites (tertiary alicyclic amines) is 1. The third kappa shape index (κ3) is 5.36. The highest BCUT2D eigenvalue weighted by Crippen LogP contribution is 2.24. The maximum Gasteiger partial charge on any atom is 0.227 e. The maximum atomic E-state index is 12.7. The zero-order valence-corrected chi connectivity index (χ0v) is 15.1. The van der Waals surface area contributed by atoms with E-state index in [0.29, 0.717) is 29.6 Å². The first-order chi connectivity index (χ1) is 11.5. The highest BCUT2D eigenvalue weighted by Gasteiger charge is 2.26. The second-order valence-corrected chi connectivity index (χ2v) is 6.82. The third-order valence-corrected chi connectivity index (χ3v) is 4.93. The third-order valence-electron chi connectivity index (χ3n) is 4.19. The fraction of sp³-hybridized carbons (Fsp3) is 0.529. The summed E-state index contributed by atoms with van der Waals surface area (Å²) in [7, 11) is 0. The molecule has 1 aliphatic rings. The first kappa shape index (κ1) is 19.0. The van der Waals surface area contributed by atoms with Crippen molar-refractivity contribution in [2.24, 2.45) is 5.73 Å². The second-order valence-electron chi connectivity index (χ2n) is 6.00. The topological polar surface area (TPSA) is 75.4 Å². The number of nitrogens with two attached hydrogens (primary N) is 1. The molecule has 5 nitrogen and oxygen atoms in total. The normalized spacial score (nSPS) is 17.6. The molecule has 1 heterocycles.